The Labute approximate surface area is 209 Å². The van der Waals surface area contributed by atoms with Crippen molar-refractivity contribution in [2.45, 2.75) is 39.0 Å². The lowest BCUT2D eigenvalue weighted by Crippen LogP contribution is -2.29. The van der Waals surface area contributed by atoms with Crippen LogP contribution in [0.4, 0.5) is 0 Å². The summed E-state index contributed by atoms with van der Waals surface area (Å²) in [6.45, 7) is 6.01. The van der Waals surface area contributed by atoms with Crippen molar-refractivity contribution in [1.82, 2.24) is 4.90 Å². The van der Waals surface area contributed by atoms with Gasteiger partial charge >= 0.3 is 0 Å². The Morgan fingerprint density at radius 2 is 1.54 bits per heavy atom. The highest BCUT2D eigenvalue weighted by Crippen LogP contribution is 2.40. The fourth-order valence-electron chi connectivity index (χ4n) is 4.02. The molecular weight excluding hydrogens is 466 g/mol. The van der Waals surface area contributed by atoms with Crippen molar-refractivity contribution in [2.75, 3.05) is 0 Å². The Morgan fingerprint density at radius 1 is 0.943 bits per heavy atom. The minimum Gasteiger partial charge on any atom is -0.508 e. The van der Waals surface area contributed by atoms with Crippen molar-refractivity contribution in [2.24, 2.45) is 0 Å². The molecule has 2 N–H and O–H groups in total. The molecule has 180 valence electrons. The molecule has 35 heavy (non-hydrogen) atoms. The first kappa shape index (κ1) is 24.4. The van der Waals surface area contributed by atoms with Crippen molar-refractivity contribution < 1.29 is 24.5 Å². The van der Waals surface area contributed by atoms with E-state index in [1.807, 2.05) is 45.0 Å². The Hall–Kier alpha value is -3.77. The quantitative estimate of drug-likeness (QED) is 0.266. The van der Waals surface area contributed by atoms with Gasteiger partial charge in [-0.1, -0.05) is 35.9 Å². The molecule has 0 bridgehead atoms. The van der Waals surface area contributed by atoms with E-state index in [4.69, 9.17) is 16.3 Å². The van der Waals surface area contributed by atoms with Gasteiger partial charge in [0, 0.05) is 17.1 Å². The number of phenolic OH excluding ortho intramolecular Hbond substituents is 1. The predicted molar refractivity (Wildman–Crippen MR) is 134 cm³/mol. The molecular formula is C28H26ClNO5. The van der Waals surface area contributed by atoms with Gasteiger partial charge in [-0.25, -0.2) is 0 Å². The number of phenols is 1. The van der Waals surface area contributed by atoms with Crippen LogP contribution in [0.25, 0.3) is 5.76 Å². The molecule has 1 saturated heterocycles. The molecule has 6 nitrogen and oxygen atoms in total. The van der Waals surface area contributed by atoms with Crippen molar-refractivity contribution >= 4 is 29.1 Å². The first-order chi connectivity index (χ1) is 16.5. The number of hydrogen-bond acceptors (Lipinski definition) is 5. The summed E-state index contributed by atoms with van der Waals surface area (Å²) in [5.41, 5.74) is 1.39. The lowest BCUT2D eigenvalue weighted by atomic mass is 9.95. The van der Waals surface area contributed by atoms with Gasteiger partial charge in [-0.05, 0) is 80.4 Å². The molecule has 1 fully saturated rings. The van der Waals surface area contributed by atoms with Gasteiger partial charge in [-0.3, -0.25) is 9.59 Å². The minimum atomic E-state index is -0.836. The zero-order valence-corrected chi connectivity index (χ0v) is 20.4. The van der Waals surface area contributed by atoms with Crippen LogP contribution in [0.3, 0.4) is 0 Å². The van der Waals surface area contributed by atoms with Crippen LogP contribution >= 0.6 is 11.6 Å². The number of ether oxygens (including phenoxy) is 1. The number of carbonyl (C=O) groups is 2. The van der Waals surface area contributed by atoms with E-state index in [0.717, 1.165) is 5.56 Å². The van der Waals surface area contributed by atoms with Gasteiger partial charge in [0.05, 0.1) is 11.6 Å². The van der Waals surface area contributed by atoms with Gasteiger partial charge in [0.1, 0.15) is 22.9 Å². The molecule has 0 radical (unpaired) electrons. The second-order valence-electron chi connectivity index (χ2n) is 9.38. The summed E-state index contributed by atoms with van der Waals surface area (Å²) in [4.78, 5) is 27.7. The smallest absolute Gasteiger partial charge is 0.295 e. The number of aliphatic hydroxyl groups is 1. The molecule has 1 amide bonds. The van der Waals surface area contributed by atoms with Crippen molar-refractivity contribution in [1.29, 1.82) is 0 Å². The van der Waals surface area contributed by atoms with E-state index >= 15 is 0 Å². The van der Waals surface area contributed by atoms with Crippen LogP contribution in [0.5, 0.6) is 11.5 Å². The van der Waals surface area contributed by atoms with Crippen LogP contribution in [-0.4, -0.2) is 32.4 Å². The molecule has 1 aliphatic heterocycles. The van der Waals surface area contributed by atoms with Gasteiger partial charge in [0.25, 0.3) is 11.7 Å². The Morgan fingerprint density at radius 3 is 2.11 bits per heavy atom. The first-order valence-corrected chi connectivity index (χ1v) is 11.5. The van der Waals surface area contributed by atoms with E-state index in [0.29, 0.717) is 21.9 Å². The molecule has 7 heteroatoms. The Kier molecular flexibility index (Phi) is 6.59. The normalized spacial score (nSPS) is 17.6. The second-order valence-corrected chi connectivity index (χ2v) is 9.82. The standard InChI is InChI=1S/C28H26ClNO5/c1-28(2,3)35-22-14-4-17(5-15-22)16-30-24(18-8-12-21(31)13-9-18)23(26(33)27(30)34)25(32)19-6-10-20(29)11-7-19/h4-15,24,31-32H,16H2,1-3H3/b25-23-. The first-order valence-electron chi connectivity index (χ1n) is 11.1. The van der Waals surface area contributed by atoms with E-state index in [1.54, 1.807) is 36.4 Å². The van der Waals surface area contributed by atoms with E-state index in [1.165, 1.54) is 17.0 Å². The fourth-order valence-corrected chi connectivity index (χ4v) is 4.15. The lowest BCUT2D eigenvalue weighted by Gasteiger charge is -2.26. The summed E-state index contributed by atoms with van der Waals surface area (Å²) in [6, 6.07) is 19.1. The fraction of sp³-hybridized carbons (Fsp3) is 0.214. The van der Waals surface area contributed by atoms with Crippen LogP contribution in [0.15, 0.2) is 78.4 Å². The number of amides is 1. The highest BCUT2D eigenvalue weighted by Gasteiger charge is 2.46. The Balaban J connectivity index is 1.75. The zero-order valence-electron chi connectivity index (χ0n) is 19.7. The van der Waals surface area contributed by atoms with E-state index in [-0.39, 0.29) is 29.2 Å². The molecule has 1 atom stereocenters. The maximum absolute atomic E-state index is 13.2. The molecule has 0 aromatic heterocycles. The van der Waals surface area contributed by atoms with E-state index < -0.39 is 17.7 Å². The molecule has 0 saturated carbocycles. The summed E-state index contributed by atoms with van der Waals surface area (Å²) in [5, 5.41) is 21.3. The van der Waals surface area contributed by atoms with E-state index in [2.05, 4.69) is 0 Å². The number of aliphatic hydroxyl groups excluding tert-OH is 1. The molecule has 0 aliphatic carbocycles. The summed E-state index contributed by atoms with van der Waals surface area (Å²) in [5.74, 6) is -1.02. The second kappa shape index (κ2) is 9.47. The molecule has 3 aromatic carbocycles. The number of benzene rings is 3. The highest BCUT2D eigenvalue weighted by atomic mass is 35.5. The van der Waals surface area contributed by atoms with Crippen LogP contribution in [0, 0.1) is 0 Å². The zero-order chi connectivity index (χ0) is 25.3. The summed E-state index contributed by atoms with van der Waals surface area (Å²) in [7, 11) is 0. The van der Waals surface area contributed by atoms with Crippen LogP contribution in [0.2, 0.25) is 5.02 Å². The molecule has 4 rings (SSSR count). The number of halogens is 1. The largest absolute Gasteiger partial charge is 0.508 e. The van der Waals surface area contributed by atoms with E-state index in [9.17, 15) is 19.8 Å². The van der Waals surface area contributed by atoms with Gasteiger partial charge < -0.3 is 19.8 Å². The number of aromatic hydroxyl groups is 1. The maximum atomic E-state index is 13.2. The SMILES string of the molecule is CC(C)(C)Oc1ccc(CN2C(=O)C(=O)/C(=C(\O)c3ccc(Cl)cc3)C2c2ccc(O)cc2)cc1. The summed E-state index contributed by atoms with van der Waals surface area (Å²) < 4.78 is 5.86. The van der Waals surface area contributed by atoms with Gasteiger partial charge in [-0.15, -0.1) is 0 Å². The third-order valence-electron chi connectivity index (χ3n) is 5.57. The molecule has 1 aliphatic rings. The number of likely N-dealkylation sites (tertiary alicyclic amines) is 1. The molecule has 3 aromatic rings. The molecule has 1 unspecified atom stereocenters. The minimum absolute atomic E-state index is 0.0179. The summed E-state index contributed by atoms with van der Waals surface area (Å²) in [6.07, 6.45) is 0. The van der Waals surface area contributed by atoms with Crippen molar-refractivity contribution in [3.05, 3.63) is 100 Å². The van der Waals surface area contributed by atoms with Crippen LogP contribution < -0.4 is 4.74 Å². The van der Waals surface area contributed by atoms with Crippen LogP contribution in [-0.2, 0) is 16.1 Å². The number of rotatable bonds is 5. The van der Waals surface area contributed by atoms with Crippen LogP contribution in [0.1, 0.15) is 43.5 Å². The van der Waals surface area contributed by atoms with Gasteiger partial charge in [0.15, 0.2) is 0 Å². The highest BCUT2D eigenvalue weighted by molar-refractivity contribution is 6.46. The maximum Gasteiger partial charge on any atom is 0.295 e. The average Bonchev–Trinajstić information content (AvgIpc) is 3.05. The number of Topliss-reactive ketones (excluding diaryl/α,β-unsaturated/α-hetero) is 1. The monoisotopic (exact) mass is 491 g/mol. The van der Waals surface area contributed by atoms with Crippen molar-refractivity contribution in [3.8, 4) is 11.5 Å². The molecule has 0 spiro atoms. The van der Waals surface area contributed by atoms with Crippen molar-refractivity contribution in [3.63, 3.8) is 0 Å². The summed E-state index contributed by atoms with van der Waals surface area (Å²) >= 11 is 5.97. The number of ketones is 1. The number of hydrogen-bond donors (Lipinski definition) is 2. The number of carbonyl (C=O) groups excluding carboxylic acids is 2. The third-order valence-corrected chi connectivity index (χ3v) is 5.82. The van der Waals surface area contributed by atoms with Gasteiger partial charge in [-0.2, -0.15) is 0 Å². The lowest BCUT2D eigenvalue weighted by molar-refractivity contribution is -0.140. The average molecular weight is 492 g/mol. The predicted octanol–water partition coefficient (Wildman–Crippen LogP) is 5.84. The molecule has 1 heterocycles. The Bertz CT molecular complexity index is 1270. The number of nitrogens with zero attached hydrogens (tertiary/aromatic N) is 1. The third kappa shape index (κ3) is 5.33. The topological polar surface area (TPSA) is 87.1 Å². The van der Waals surface area contributed by atoms with Gasteiger partial charge in [0.2, 0.25) is 0 Å².